The van der Waals surface area contributed by atoms with Crippen molar-refractivity contribution in [1.29, 1.82) is 5.26 Å². The molecule has 3 heteroatoms. The van der Waals surface area contributed by atoms with E-state index in [1.807, 2.05) is 12.1 Å². The second-order valence-electron chi connectivity index (χ2n) is 4.17. The molecular formula is C12H15N3. The first kappa shape index (κ1) is 9.97. The zero-order valence-corrected chi connectivity index (χ0v) is 8.90. The summed E-state index contributed by atoms with van der Waals surface area (Å²) in [6.45, 7) is 2.20. The Morgan fingerprint density at radius 3 is 3.00 bits per heavy atom. The van der Waals surface area contributed by atoms with Crippen LogP contribution >= 0.6 is 0 Å². The van der Waals surface area contributed by atoms with Gasteiger partial charge in [0.15, 0.2) is 0 Å². The summed E-state index contributed by atoms with van der Waals surface area (Å²) >= 11 is 0. The molecule has 78 valence electrons. The number of hydrogen-bond donors (Lipinski definition) is 1. The number of nitrogens with one attached hydrogen (secondary N) is 1. The van der Waals surface area contributed by atoms with Crippen molar-refractivity contribution in [3.05, 3.63) is 24.0 Å². The Morgan fingerprint density at radius 2 is 2.40 bits per heavy atom. The SMILES string of the molecule is CC(Nc1ccnc(C#N)c1)C1CCC1. The molecule has 0 aliphatic heterocycles. The zero-order chi connectivity index (χ0) is 10.7. The molecule has 0 spiro atoms. The van der Waals surface area contributed by atoms with Gasteiger partial charge in [0.2, 0.25) is 0 Å². The quantitative estimate of drug-likeness (QED) is 0.817. The van der Waals surface area contributed by atoms with Gasteiger partial charge in [-0.15, -0.1) is 0 Å². The number of aromatic nitrogens is 1. The van der Waals surface area contributed by atoms with Gasteiger partial charge in [0.05, 0.1) is 0 Å². The Labute approximate surface area is 90.1 Å². The molecule has 0 amide bonds. The molecule has 1 aromatic rings. The van der Waals surface area contributed by atoms with Gasteiger partial charge in [-0.05, 0) is 37.8 Å². The minimum absolute atomic E-state index is 0.473. The van der Waals surface area contributed by atoms with Crippen LogP contribution in [-0.2, 0) is 0 Å². The molecule has 1 aliphatic carbocycles. The van der Waals surface area contributed by atoms with Crippen LogP contribution in [0.1, 0.15) is 31.9 Å². The fourth-order valence-electron chi connectivity index (χ4n) is 1.90. The normalized spacial score (nSPS) is 17.6. The Balaban J connectivity index is 2.00. The van der Waals surface area contributed by atoms with Crippen LogP contribution in [0, 0.1) is 17.2 Å². The van der Waals surface area contributed by atoms with Gasteiger partial charge >= 0.3 is 0 Å². The Hall–Kier alpha value is -1.56. The first-order chi connectivity index (χ1) is 7.29. The predicted molar refractivity (Wildman–Crippen MR) is 59.4 cm³/mol. The van der Waals surface area contributed by atoms with Crippen molar-refractivity contribution in [3.8, 4) is 6.07 Å². The maximum absolute atomic E-state index is 8.72. The third-order valence-corrected chi connectivity index (χ3v) is 3.13. The van der Waals surface area contributed by atoms with Crippen molar-refractivity contribution in [2.75, 3.05) is 5.32 Å². The van der Waals surface area contributed by atoms with Gasteiger partial charge in [-0.1, -0.05) is 6.42 Å². The molecule has 3 nitrogen and oxygen atoms in total. The summed E-state index contributed by atoms with van der Waals surface area (Å²) in [6, 6.07) is 6.25. The predicted octanol–water partition coefficient (Wildman–Crippen LogP) is 2.55. The molecule has 0 aromatic carbocycles. The van der Waals surface area contributed by atoms with E-state index < -0.39 is 0 Å². The van der Waals surface area contributed by atoms with Gasteiger partial charge in [0.1, 0.15) is 11.8 Å². The van der Waals surface area contributed by atoms with E-state index in [0.717, 1.165) is 11.6 Å². The number of rotatable bonds is 3. The lowest BCUT2D eigenvalue weighted by Crippen LogP contribution is -2.30. The number of hydrogen-bond acceptors (Lipinski definition) is 3. The van der Waals surface area contributed by atoms with Crippen molar-refractivity contribution in [3.63, 3.8) is 0 Å². The van der Waals surface area contributed by atoms with E-state index in [-0.39, 0.29) is 0 Å². The number of nitriles is 1. The summed E-state index contributed by atoms with van der Waals surface area (Å²) in [5.74, 6) is 0.795. The van der Waals surface area contributed by atoms with Gasteiger partial charge in [-0.2, -0.15) is 5.26 Å². The minimum Gasteiger partial charge on any atom is -0.382 e. The smallest absolute Gasteiger partial charge is 0.142 e. The van der Waals surface area contributed by atoms with Gasteiger partial charge in [0.25, 0.3) is 0 Å². The summed E-state index contributed by atoms with van der Waals surface area (Å²) in [7, 11) is 0. The van der Waals surface area contributed by atoms with Crippen LogP contribution in [-0.4, -0.2) is 11.0 Å². The van der Waals surface area contributed by atoms with E-state index in [0.29, 0.717) is 11.7 Å². The molecule has 0 radical (unpaired) electrons. The van der Waals surface area contributed by atoms with Crippen LogP contribution < -0.4 is 5.32 Å². The number of nitrogens with zero attached hydrogens (tertiary/aromatic N) is 2. The van der Waals surface area contributed by atoms with Crippen LogP contribution in [0.3, 0.4) is 0 Å². The molecule has 1 aliphatic rings. The largest absolute Gasteiger partial charge is 0.382 e. The Kier molecular flexibility index (Phi) is 2.86. The van der Waals surface area contributed by atoms with Gasteiger partial charge in [-0.3, -0.25) is 0 Å². The highest BCUT2D eigenvalue weighted by molar-refractivity contribution is 5.46. The van der Waals surface area contributed by atoms with Gasteiger partial charge < -0.3 is 5.32 Å². The Bertz CT molecular complexity index is 377. The zero-order valence-electron chi connectivity index (χ0n) is 8.90. The van der Waals surface area contributed by atoms with E-state index in [4.69, 9.17) is 5.26 Å². The second kappa shape index (κ2) is 4.31. The standard InChI is InChI=1S/C12H15N3/c1-9(10-3-2-4-10)15-11-5-6-14-12(7-11)8-13/h5-7,9-10H,2-4H2,1H3,(H,14,15). The molecule has 1 heterocycles. The maximum atomic E-state index is 8.72. The lowest BCUT2D eigenvalue weighted by atomic mass is 9.80. The van der Waals surface area contributed by atoms with Crippen molar-refractivity contribution in [2.45, 2.75) is 32.2 Å². The van der Waals surface area contributed by atoms with Crippen LogP contribution in [0.25, 0.3) is 0 Å². The van der Waals surface area contributed by atoms with E-state index in [1.165, 1.54) is 19.3 Å². The molecule has 1 N–H and O–H groups in total. The molecule has 15 heavy (non-hydrogen) atoms. The van der Waals surface area contributed by atoms with Crippen LogP contribution in [0.5, 0.6) is 0 Å². The van der Waals surface area contributed by atoms with E-state index in [9.17, 15) is 0 Å². The highest BCUT2D eigenvalue weighted by Gasteiger charge is 2.23. The first-order valence-corrected chi connectivity index (χ1v) is 5.42. The summed E-state index contributed by atoms with van der Waals surface area (Å²) in [4.78, 5) is 3.94. The summed E-state index contributed by atoms with van der Waals surface area (Å²) < 4.78 is 0. The van der Waals surface area contributed by atoms with E-state index in [1.54, 1.807) is 12.3 Å². The summed E-state index contributed by atoms with van der Waals surface area (Å²) in [5, 5.41) is 12.1. The number of pyridine rings is 1. The lowest BCUT2D eigenvalue weighted by Gasteiger charge is -2.32. The van der Waals surface area contributed by atoms with E-state index >= 15 is 0 Å². The van der Waals surface area contributed by atoms with Crippen molar-refractivity contribution in [1.82, 2.24) is 4.98 Å². The monoisotopic (exact) mass is 201 g/mol. The topological polar surface area (TPSA) is 48.7 Å². The first-order valence-electron chi connectivity index (χ1n) is 5.42. The molecule has 1 unspecified atom stereocenters. The third kappa shape index (κ3) is 2.27. The van der Waals surface area contributed by atoms with Crippen molar-refractivity contribution in [2.24, 2.45) is 5.92 Å². The average Bonchev–Trinajstić information content (AvgIpc) is 2.15. The highest BCUT2D eigenvalue weighted by atomic mass is 14.9. The second-order valence-corrected chi connectivity index (χ2v) is 4.17. The van der Waals surface area contributed by atoms with Crippen molar-refractivity contribution >= 4 is 5.69 Å². The van der Waals surface area contributed by atoms with Crippen LogP contribution in [0.2, 0.25) is 0 Å². The fraction of sp³-hybridized carbons (Fsp3) is 0.500. The summed E-state index contributed by atoms with van der Waals surface area (Å²) in [5.41, 5.74) is 1.47. The highest BCUT2D eigenvalue weighted by Crippen LogP contribution is 2.30. The molecule has 0 bridgehead atoms. The van der Waals surface area contributed by atoms with Crippen LogP contribution in [0.4, 0.5) is 5.69 Å². The molecule has 2 rings (SSSR count). The molecule has 1 saturated carbocycles. The summed E-state index contributed by atoms with van der Waals surface area (Å²) in [6.07, 6.45) is 5.68. The van der Waals surface area contributed by atoms with Crippen LogP contribution in [0.15, 0.2) is 18.3 Å². The van der Waals surface area contributed by atoms with Crippen molar-refractivity contribution < 1.29 is 0 Å². The Morgan fingerprint density at radius 1 is 1.60 bits per heavy atom. The van der Waals surface area contributed by atoms with E-state index in [2.05, 4.69) is 17.2 Å². The van der Waals surface area contributed by atoms with Gasteiger partial charge in [-0.25, -0.2) is 4.98 Å². The van der Waals surface area contributed by atoms with Gasteiger partial charge in [0, 0.05) is 17.9 Å². The third-order valence-electron chi connectivity index (χ3n) is 3.13. The lowest BCUT2D eigenvalue weighted by molar-refractivity contribution is 0.285. The minimum atomic E-state index is 0.473. The molecular weight excluding hydrogens is 186 g/mol. The molecule has 0 saturated heterocycles. The molecule has 1 fully saturated rings. The maximum Gasteiger partial charge on any atom is 0.142 e. The molecule has 1 aromatic heterocycles. The average molecular weight is 201 g/mol. The number of anilines is 1. The molecule has 1 atom stereocenters. The fourth-order valence-corrected chi connectivity index (χ4v) is 1.90.